The molecule has 0 aliphatic heterocycles. The third kappa shape index (κ3) is 15.6. The Bertz CT molecular complexity index is 27.9. The molecule has 0 aromatic heterocycles. The maximum absolute atomic E-state index is 8.93. The van der Waals surface area contributed by atoms with Gasteiger partial charge in [-0.3, -0.25) is 0 Å². The molecule has 0 saturated heterocycles. The van der Waals surface area contributed by atoms with Crippen LogP contribution < -0.4 is 0 Å². The normalized spacial score (nSPS) is 4.00. The van der Waals surface area contributed by atoms with Crippen molar-refractivity contribution in [2.75, 3.05) is 0 Å². The molecule has 2 heteroatoms. The average molecular weight is 120 g/mol. The third-order valence-electron chi connectivity index (χ3n) is 0.0833. The summed E-state index contributed by atoms with van der Waals surface area (Å²) in [6.07, 6.45) is 2.51. The average Bonchev–Trinajstić information content (AvgIpc) is 1.37. The molecule has 0 radical (unpaired) electrons. The first-order chi connectivity index (χ1) is 1.91. The summed E-state index contributed by atoms with van der Waals surface area (Å²) >= 11 is 0. The first-order valence-corrected chi connectivity index (χ1v) is 0.901. The van der Waals surface area contributed by atoms with Gasteiger partial charge in [0.15, 0.2) is 0 Å². The second kappa shape index (κ2) is 8.98. The summed E-state index contributed by atoms with van der Waals surface area (Å²) in [5.74, 6) is 0. The maximum Gasteiger partial charge on any atom is 0 e. The van der Waals surface area contributed by atoms with E-state index in [-0.39, 0.29) is 19.5 Å². The van der Waals surface area contributed by atoms with Crippen LogP contribution >= 0.6 is 0 Å². The molecule has 0 aromatic carbocycles. The van der Waals surface area contributed by atoms with Crippen molar-refractivity contribution in [2.24, 2.45) is 0 Å². The Morgan fingerprint density at radius 2 is 2.00 bits per heavy atom. The zero-order valence-electron chi connectivity index (χ0n) is 2.90. The van der Waals surface area contributed by atoms with E-state index in [2.05, 4.69) is 6.58 Å². The third-order valence-corrected chi connectivity index (χ3v) is 0.0833. The van der Waals surface area contributed by atoms with Crippen LogP contribution in [0.4, 0.5) is 0 Å². The van der Waals surface area contributed by atoms with Crippen LogP contribution in [0.1, 0.15) is 0 Å². The van der Waals surface area contributed by atoms with Gasteiger partial charge in [-0.2, -0.15) is 0 Å². The molecule has 0 atom stereocenters. The first kappa shape index (κ1) is 8.90. The van der Waals surface area contributed by atoms with Gasteiger partial charge >= 0.3 is 0 Å². The number of carbonyl (C=O) groups excluding carboxylic acids is 1. The molecular formula is C3H3OZn-. The van der Waals surface area contributed by atoms with Gasteiger partial charge in [-0.1, -0.05) is 0 Å². The number of hydrogen-bond acceptors (Lipinski definition) is 1. The van der Waals surface area contributed by atoms with Crippen LogP contribution in [0.2, 0.25) is 0 Å². The van der Waals surface area contributed by atoms with Gasteiger partial charge in [0.05, 0.1) is 0 Å². The summed E-state index contributed by atoms with van der Waals surface area (Å²) in [5.41, 5.74) is 0. The second-order valence-corrected chi connectivity index (χ2v) is 0.322. The zero-order chi connectivity index (χ0) is 3.41. The SMILES string of the molecule is C=C[C-]=O.[Zn]. The minimum atomic E-state index is 0. The van der Waals surface area contributed by atoms with Gasteiger partial charge in [0.25, 0.3) is 0 Å². The Balaban J connectivity index is 0. The largest absolute Gasteiger partial charge is 0.419 e. The molecule has 0 unspecified atom stereocenters. The number of rotatable bonds is 1. The van der Waals surface area contributed by atoms with Crippen LogP contribution in [-0.2, 0) is 24.3 Å². The summed E-state index contributed by atoms with van der Waals surface area (Å²) < 4.78 is 0. The van der Waals surface area contributed by atoms with Gasteiger partial charge in [-0.15, -0.1) is 0 Å². The molecule has 24 valence electrons. The predicted octanol–water partition coefficient (Wildman–Crippen LogP) is 0.280. The molecule has 0 heterocycles. The van der Waals surface area contributed by atoms with E-state index in [1.165, 1.54) is 6.29 Å². The van der Waals surface area contributed by atoms with E-state index in [0.717, 1.165) is 6.08 Å². The Kier molecular flexibility index (Phi) is 16.0. The molecule has 0 spiro atoms. The summed E-state index contributed by atoms with van der Waals surface area (Å²) in [4.78, 5) is 8.93. The molecule has 0 saturated carbocycles. The monoisotopic (exact) mass is 119 g/mol. The molecule has 5 heavy (non-hydrogen) atoms. The van der Waals surface area contributed by atoms with E-state index in [0.29, 0.717) is 0 Å². The number of hydrogen-bond donors (Lipinski definition) is 0. The molecule has 0 aliphatic rings. The van der Waals surface area contributed by atoms with E-state index >= 15 is 0 Å². The summed E-state index contributed by atoms with van der Waals surface area (Å²) in [6, 6.07) is 0. The van der Waals surface area contributed by atoms with Crippen molar-refractivity contribution in [1.29, 1.82) is 0 Å². The van der Waals surface area contributed by atoms with Crippen LogP contribution in [-0.4, -0.2) is 6.29 Å². The fourth-order valence-electron chi connectivity index (χ4n) is 0. The Morgan fingerprint density at radius 1 is 1.80 bits per heavy atom. The zero-order valence-corrected chi connectivity index (χ0v) is 5.87. The molecular weight excluding hydrogens is 117 g/mol. The standard InChI is InChI=1S/C3H3O.Zn/c1-2-3-4;/h2H,1H2;/q-1;. The summed E-state index contributed by atoms with van der Waals surface area (Å²) in [6.45, 7) is 3.06. The van der Waals surface area contributed by atoms with Crippen LogP contribution in [0.25, 0.3) is 0 Å². The molecule has 0 amide bonds. The van der Waals surface area contributed by atoms with Crippen LogP contribution in [0.15, 0.2) is 12.7 Å². The van der Waals surface area contributed by atoms with Gasteiger partial charge in [0, 0.05) is 19.5 Å². The van der Waals surface area contributed by atoms with Gasteiger partial charge in [0.1, 0.15) is 0 Å². The van der Waals surface area contributed by atoms with E-state index in [9.17, 15) is 0 Å². The van der Waals surface area contributed by atoms with Crippen molar-refractivity contribution in [1.82, 2.24) is 0 Å². The van der Waals surface area contributed by atoms with E-state index in [1.54, 1.807) is 0 Å². The van der Waals surface area contributed by atoms with Crippen molar-refractivity contribution < 1.29 is 24.3 Å². The number of allylic oxidation sites excluding steroid dienone is 1. The van der Waals surface area contributed by atoms with Gasteiger partial charge in [-0.05, 0) is 6.29 Å². The van der Waals surface area contributed by atoms with Crippen molar-refractivity contribution in [3.8, 4) is 0 Å². The molecule has 0 bridgehead atoms. The molecule has 0 aliphatic carbocycles. The minimum absolute atomic E-state index is 0. The fraction of sp³-hybridized carbons (Fsp3) is 0. The quantitative estimate of drug-likeness (QED) is 0.276. The minimum Gasteiger partial charge on any atom is -0.419 e. The summed E-state index contributed by atoms with van der Waals surface area (Å²) in [7, 11) is 0. The Morgan fingerprint density at radius 3 is 2.00 bits per heavy atom. The van der Waals surface area contributed by atoms with Crippen molar-refractivity contribution in [2.45, 2.75) is 0 Å². The van der Waals surface area contributed by atoms with Crippen LogP contribution in [0, 0.1) is 0 Å². The van der Waals surface area contributed by atoms with Crippen molar-refractivity contribution in [3.05, 3.63) is 12.7 Å². The van der Waals surface area contributed by atoms with Gasteiger partial charge in [0.2, 0.25) is 0 Å². The smallest absolute Gasteiger partial charge is 0 e. The molecule has 0 N–H and O–H groups in total. The molecule has 1 nitrogen and oxygen atoms in total. The molecule has 0 rings (SSSR count). The van der Waals surface area contributed by atoms with Gasteiger partial charge < -0.3 is 4.79 Å². The van der Waals surface area contributed by atoms with E-state index in [4.69, 9.17) is 4.79 Å². The van der Waals surface area contributed by atoms with E-state index < -0.39 is 0 Å². The van der Waals surface area contributed by atoms with E-state index in [1.807, 2.05) is 0 Å². The maximum atomic E-state index is 8.93. The van der Waals surface area contributed by atoms with Crippen LogP contribution in [0.3, 0.4) is 0 Å². The molecule has 0 fully saturated rings. The Labute approximate surface area is 43.8 Å². The fourth-order valence-corrected chi connectivity index (χ4v) is 0. The summed E-state index contributed by atoms with van der Waals surface area (Å²) in [5, 5.41) is 0. The van der Waals surface area contributed by atoms with Crippen molar-refractivity contribution in [3.63, 3.8) is 0 Å². The first-order valence-electron chi connectivity index (χ1n) is 0.901. The molecule has 0 aromatic rings. The predicted molar refractivity (Wildman–Crippen MR) is 15.9 cm³/mol. The Hall–Kier alpha value is 0.0334. The topological polar surface area (TPSA) is 17.1 Å². The van der Waals surface area contributed by atoms with Crippen molar-refractivity contribution >= 4 is 6.29 Å². The van der Waals surface area contributed by atoms with Gasteiger partial charge in [-0.25, -0.2) is 12.7 Å². The van der Waals surface area contributed by atoms with Crippen LogP contribution in [0.5, 0.6) is 0 Å². The second-order valence-electron chi connectivity index (χ2n) is 0.322.